The Bertz CT molecular complexity index is 1190. The molecular weight excluding hydrogens is 374 g/mol. The van der Waals surface area contributed by atoms with E-state index in [1.807, 2.05) is 74.5 Å². The lowest BCUT2D eigenvalue weighted by atomic mass is 10.0. The number of ether oxygens (including phenoxy) is 2. The molecule has 0 aliphatic heterocycles. The molecule has 4 rings (SSSR count). The van der Waals surface area contributed by atoms with Gasteiger partial charge in [0.1, 0.15) is 35.4 Å². The average molecular weight is 395 g/mol. The van der Waals surface area contributed by atoms with Crippen LogP contribution < -0.4 is 9.47 Å². The Morgan fingerprint density at radius 1 is 0.967 bits per heavy atom. The van der Waals surface area contributed by atoms with E-state index < -0.39 is 0 Å². The highest BCUT2D eigenvalue weighted by molar-refractivity contribution is 5.97. The third-order valence-corrected chi connectivity index (χ3v) is 4.61. The highest BCUT2D eigenvalue weighted by Crippen LogP contribution is 2.32. The van der Waals surface area contributed by atoms with Gasteiger partial charge in [0.2, 0.25) is 0 Å². The summed E-state index contributed by atoms with van der Waals surface area (Å²) in [6, 6.07) is 21.4. The summed E-state index contributed by atoms with van der Waals surface area (Å²) in [5, 5.41) is 9.94. The second-order valence-corrected chi connectivity index (χ2v) is 7.15. The number of hydrogen-bond donors (Lipinski definition) is 0. The van der Waals surface area contributed by atoms with Crippen molar-refractivity contribution in [3.63, 3.8) is 0 Å². The van der Waals surface area contributed by atoms with E-state index in [-0.39, 0.29) is 6.10 Å². The van der Waals surface area contributed by atoms with E-state index >= 15 is 0 Å². The number of aromatic nitrogens is 2. The van der Waals surface area contributed by atoms with Crippen LogP contribution in [0.2, 0.25) is 0 Å². The Morgan fingerprint density at radius 2 is 1.80 bits per heavy atom. The highest BCUT2D eigenvalue weighted by atomic mass is 16.5. The summed E-state index contributed by atoms with van der Waals surface area (Å²) >= 11 is 0. The van der Waals surface area contributed by atoms with Gasteiger partial charge in [-0.1, -0.05) is 24.3 Å². The molecule has 0 saturated carbocycles. The zero-order valence-electron chi connectivity index (χ0n) is 16.9. The van der Waals surface area contributed by atoms with Gasteiger partial charge in [0.15, 0.2) is 0 Å². The molecule has 5 heteroatoms. The molecule has 5 nitrogen and oxygen atoms in total. The van der Waals surface area contributed by atoms with Crippen LogP contribution in [0.4, 0.5) is 0 Å². The third-order valence-electron chi connectivity index (χ3n) is 4.61. The fraction of sp³-hybridized carbons (Fsp3) is 0.160. The van der Waals surface area contributed by atoms with Gasteiger partial charge in [-0.2, -0.15) is 5.26 Å². The first-order valence-corrected chi connectivity index (χ1v) is 9.76. The molecule has 4 aromatic rings. The molecule has 0 unspecified atom stereocenters. The van der Waals surface area contributed by atoms with Gasteiger partial charge in [0, 0.05) is 23.3 Å². The van der Waals surface area contributed by atoms with Gasteiger partial charge in [-0.25, -0.2) is 4.98 Å². The molecule has 0 atom stereocenters. The Balaban J connectivity index is 1.58. The standard InChI is InChI=1S/C25H21N3O2/c1-17(2)30-21-10-6-18(7-11-21)16-29-24-5-3-4-23-22(12-13-27-25(23)24)19-8-9-20(14-26)28-15-19/h3-13,15,17H,16H2,1-2H3. The van der Waals surface area contributed by atoms with Crippen LogP contribution in [0, 0.1) is 11.3 Å². The summed E-state index contributed by atoms with van der Waals surface area (Å²) in [7, 11) is 0. The van der Waals surface area contributed by atoms with Gasteiger partial charge in [-0.05, 0) is 61.4 Å². The van der Waals surface area contributed by atoms with Crippen molar-refractivity contribution in [2.45, 2.75) is 26.6 Å². The van der Waals surface area contributed by atoms with Crippen molar-refractivity contribution >= 4 is 10.9 Å². The van der Waals surface area contributed by atoms with Crippen LogP contribution in [0.5, 0.6) is 11.5 Å². The van der Waals surface area contributed by atoms with E-state index in [2.05, 4.69) is 9.97 Å². The van der Waals surface area contributed by atoms with E-state index in [4.69, 9.17) is 14.7 Å². The average Bonchev–Trinajstić information content (AvgIpc) is 2.78. The number of nitrogens with zero attached hydrogens (tertiary/aromatic N) is 3. The van der Waals surface area contributed by atoms with Crippen molar-refractivity contribution in [1.82, 2.24) is 9.97 Å². The zero-order valence-corrected chi connectivity index (χ0v) is 16.9. The van der Waals surface area contributed by atoms with Crippen LogP contribution in [0.25, 0.3) is 22.0 Å². The smallest absolute Gasteiger partial charge is 0.146 e. The largest absolute Gasteiger partial charge is 0.491 e. The number of benzene rings is 2. The molecule has 30 heavy (non-hydrogen) atoms. The lowest BCUT2D eigenvalue weighted by Gasteiger charge is -2.12. The third kappa shape index (κ3) is 4.23. The summed E-state index contributed by atoms with van der Waals surface area (Å²) < 4.78 is 11.8. The van der Waals surface area contributed by atoms with Crippen molar-refractivity contribution in [2.75, 3.05) is 0 Å². The fourth-order valence-corrected chi connectivity index (χ4v) is 3.23. The molecule has 0 radical (unpaired) electrons. The van der Waals surface area contributed by atoms with E-state index in [1.54, 1.807) is 18.5 Å². The van der Waals surface area contributed by atoms with E-state index in [0.717, 1.165) is 39.1 Å². The predicted octanol–water partition coefficient (Wildman–Crippen LogP) is 5.53. The molecule has 0 spiro atoms. The van der Waals surface area contributed by atoms with Gasteiger partial charge in [-0.15, -0.1) is 0 Å². The first-order valence-electron chi connectivity index (χ1n) is 9.76. The van der Waals surface area contributed by atoms with E-state index in [1.165, 1.54) is 0 Å². The van der Waals surface area contributed by atoms with Gasteiger partial charge in [0.05, 0.1) is 6.10 Å². The lowest BCUT2D eigenvalue weighted by molar-refractivity contribution is 0.242. The second-order valence-electron chi connectivity index (χ2n) is 7.15. The normalized spacial score (nSPS) is 10.7. The lowest BCUT2D eigenvalue weighted by Crippen LogP contribution is -2.05. The van der Waals surface area contributed by atoms with Crippen molar-refractivity contribution in [1.29, 1.82) is 5.26 Å². The van der Waals surface area contributed by atoms with E-state index in [9.17, 15) is 0 Å². The van der Waals surface area contributed by atoms with Crippen LogP contribution in [0.3, 0.4) is 0 Å². The van der Waals surface area contributed by atoms with Crippen LogP contribution in [-0.2, 0) is 6.61 Å². The molecule has 0 amide bonds. The molecular formula is C25H21N3O2. The molecule has 0 saturated heterocycles. The van der Waals surface area contributed by atoms with Crippen LogP contribution in [0.1, 0.15) is 25.1 Å². The highest BCUT2D eigenvalue weighted by Gasteiger charge is 2.10. The Labute approximate surface area is 175 Å². The summed E-state index contributed by atoms with van der Waals surface area (Å²) in [5.74, 6) is 1.57. The molecule has 2 aromatic heterocycles. The molecule has 0 aliphatic carbocycles. The molecule has 0 fully saturated rings. The van der Waals surface area contributed by atoms with Gasteiger partial charge in [-0.3, -0.25) is 4.98 Å². The van der Waals surface area contributed by atoms with Gasteiger partial charge in [0.25, 0.3) is 0 Å². The first-order chi connectivity index (χ1) is 14.6. The maximum absolute atomic E-state index is 8.97. The molecule has 0 aliphatic rings. The number of fused-ring (bicyclic) bond motifs is 1. The summed E-state index contributed by atoms with van der Waals surface area (Å²) in [5.41, 5.74) is 4.16. The fourth-order valence-electron chi connectivity index (χ4n) is 3.23. The molecule has 0 bridgehead atoms. The van der Waals surface area contributed by atoms with Crippen molar-refractivity contribution in [2.24, 2.45) is 0 Å². The number of rotatable bonds is 6. The Hall–Kier alpha value is -3.91. The first kappa shape index (κ1) is 19.4. The minimum absolute atomic E-state index is 0.148. The van der Waals surface area contributed by atoms with Crippen LogP contribution in [0.15, 0.2) is 73.1 Å². The summed E-state index contributed by atoms with van der Waals surface area (Å²) in [4.78, 5) is 8.72. The minimum atomic E-state index is 0.148. The van der Waals surface area contributed by atoms with Gasteiger partial charge >= 0.3 is 0 Å². The predicted molar refractivity (Wildman–Crippen MR) is 116 cm³/mol. The Kier molecular flexibility index (Phi) is 5.58. The maximum Gasteiger partial charge on any atom is 0.146 e. The van der Waals surface area contributed by atoms with Gasteiger partial charge < -0.3 is 9.47 Å². The maximum atomic E-state index is 8.97. The summed E-state index contributed by atoms with van der Waals surface area (Å²) in [6.07, 6.45) is 3.62. The zero-order chi connectivity index (χ0) is 20.9. The van der Waals surface area contributed by atoms with Crippen molar-refractivity contribution in [3.8, 4) is 28.7 Å². The second kappa shape index (κ2) is 8.62. The SMILES string of the molecule is CC(C)Oc1ccc(COc2cccc3c(-c4ccc(C#N)nc4)ccnc23)cc1. The number of nitriles is 1. The topological polar surface area (TPSA) is 68.0 Å². The molecule has 0 N–H and O–H groups in total. The Morgan fingerprint density at radius 3 is 2.50 bits per heavy atom. The number of pyridine rings is 2. The summed E-state index contributed by atoms with van der Waals surface area (Å²) in [6.45, 7) is 4.45. The monoisotopic (exact) mass is 395 g/mol. The molecule has 2 aromatic carbocycles. The van der Waals surface area contributed by atoms with E-state index in [0.29, 0.717) is 12.3 Å². The minimum Gasteiger partial charge on any atom is -0.491 e. The quantitative estimate of drug-likeness (QED) is 0.429. The molecule has 2 heterocycles. The van der Waals surface area contributed by atoms with Crippen molar-refractivity contribution in [3.05, 3.63) is 84.3 Å². The number of hydrogen-bond acceptors (Lipinski definition) is 5. The van der Waals surface area contributed by atoms with Crippen LogP contribution >= 0.6 is 0 Å². The van der Waals surface area contributed by atoms with Crippen LogP contribution in [-0.4, -0.2) is 16.1 Å². The molecule has 148 valence electrons. The number of para-hydroxylation sites is 1. The van der Waals surface area contributed by atoms with Crippen molar-refractivity contribution < 1.29 is 9.47 Å².